The van der Waals surface area contributed by atoms with Gasteiger partial charge < -0.3 is 5.32 Å². The van der Waals surface area contributed by atoms with Crippen molar-refractivity contribution in [3.05, 3.63) is 71.2 Å². The van der Waals surface area contributed by atoms with Crippen LogP contribution in [0.2, 0.25) is 0 Å². The minimum absolute atomic E-state index is 0.177. The Hall–Kier alpha value is -2.46. The number of anilines is 1. The number of nitrogens with one attached hydrogen (secondary N) is 1. The van der Waals surface area contributed by atoms with Crippen LogP contribution in [0.15, 0.2) is 66.2 Å². The molecule has 1 aromatic heterocycles. The molecule has 0 aliphatic rings. The zero-order chi connectivity index (χ0) is 13.8. The van der Waals surface area contributed by atoms with Gasteiger partial charge >= 0.3 is 0 Å². The van der Waals surface area contributed by atoms with Crippen molar-refractivity contribution in [2.75, 3.05) is 5.32 Å². The van der Waals surface area contributed by atoms with E-state index in [2.05, 4.69) is 10.3 Å². The topological polar surface area (TPSA) is 42.0 Å². The van der Waals surface area contributed by atoms with E-state index in [1.807, 2.05) is 54.6 Å². The zero-order valence-corrected chi connectivity index (χ0v) is 11.4. The molecule has 4 heteroatoms. The smallest absolute Gasteiger partial charge is 0.284 e. The molecule has 0 fully saturated rings. The molecule has 0 atom stereocenters. The van der Waals surface area contributed by atoms with Gasteiger partial charge in [0, 0.05) is 22.8 Å². The zero-order valence-electron chi connectivity index (χ0n) is 10.6. The number of hydrogen-bond acceptors (Lipinski definition) is 3. The molecule has 0 aliphatic carbocycles. The average Bonchev–Trinajstić information content (AvgIpc) is 3.03. The lowest BCUT2D eigenvalue weighted by atomic mass is 10.0. The van der Waals surface area contributed by atoms with E-state index in [1.54, 1.807) is 11.6 Å². The number of carbonyl (C=O) groups excluding carboxylic acids is 1. The van der Waals surface area contributed by atoms with Gasteiger partial charge in [-0.15, -0.1) is 11.3 Å². The van der Waals surface area contributed by atoms with E-state index in [0.717, 1.165) is 16.8 Å². The molecule has 0 saturated heterocycles. The lowest BCUT2D eigenvalue weighted by Crippen LogP contribution is -2.12. The van der Waals surface area contributed by atoms with Crippen LogP contribution in [0.25, 0.3) is 11.1 Å². The lowest BCUT2D eigenvalue weighted by molar-refractivity contribution is 0.102. The fourth-order valence-electron chi connectivity index (χ4n) is 1.97. The van der Waals surface area contributed by atoms with E-state index in [9.17, 15) is 4.79 Å². The van der Waals surface area contributed by atoms with Crippen molar-refractivity contribution in [3.63, 3.8) is 0 Å². The third-order valence-corrected chi connectivity index (χ3v) is 3.66. The highest BCUT2D eigenvalue weighted by Gasteiger charge is 2.11. The summed E-state index contributed by atoms with van der Waals surface area (Å²) in [7, 11) is 0. The van der Waals surface area contributed by atoms with Gasteiger partial charge in [0.15, 0.2) is 5.01 Å². The molecule has 3 nitrogen and oxygen atoms in total. The summed E-state index contributed by atoms with van der Waals surface area (Å²) in [6, 6.07) is 17.7. The largest absolute Gasteiger partial charge is 0.319 e. The highest BCUT2D eigenvalue weighted by molar-refractivity contribution is 7.11. The van der Waals surface area contributed by atoms with Crippen LogP contribution < -0.4 is 5.32 Å². The van der Waals surface area contributed by atoms with Gasteiger partial charge in [-0.2, -0.15) is 0 Å². The highest BCUT2D eigenvalue weighted by Crippen LogP contribution is 2.27. The van der Waals surface area contributed by atoms with E-state index in [-0.39, 0.29) is 5.91 Å². The molecule has 0 unspecified atom stereocenters. The van der Waals surface area contributed by atoms with Crippen LogP contribution in [-0.4, -0.2) is 10.9 Å². The number of nitrogens with zero attached hydrogens (tertiary/aromatic N) is 1. The molecule has 3 rings (SSSR count). The Bertz CT molecular complexity index is 708. The number of para-hydroxylation sites is 1. The predicted molar refractivity (Wildman–Crippen MR) is 81.9 cm³/mol. The highest BCUT2D eigenvalue weighted by atomic mass is 32.1. The normalized spacial score (nSPS) is 10.2. The van der Waals surface area contributed by atoms with Gasteiger partial charge in [-0.05, 0) is 11.6 Å². The molecule has 0 bridgehead atoms. The monoisotopic (exact) mass is 280 g/mol. The molecule has 98 valence electrons. The summed E-state index contributed by atoms with van der Waals surface area (Å²) in [4.78, 5) is 16.1. The Morgan fingerprint density at radius 2 is 1.75 bits per heavy atom. The Morgan fingerprint density at radius 1 is 1.00 bits per heavy atom. The summed E-state index contributed by atoms with van der Waals surface area (Å²) in [5.74, 6) is -0.177. The summed E-state index contributed by atoms with van der Waals surface area (Å²) in [5.41, 5.74) is 2.86. The molecular weight excluding hydrogens is 268 g/mol. The van der Waals surface area contributed by atoms with Crippen molar-refractivity contribution in [1.29, 1.82) is 0 Å². The van der Waals surface area contributed by atoms with Gasteiger partial charge in [-0.25, -0.2) is 4.98 Å². The van der Waals surface area contributed by atoms with Gasteiger partial charge in [0.05, 0.1) is 0 Å². The Balaban J connectivity index is 1.93. The van der Waals surface area contributed by atoms with Gasteiger partial charge in [0.2, 0.25) is 0 Å². The van der Waals surface area contributed by atoms with Gasteiger partial charge in [-0.1, -0.05) is 48.5 Å². The maximum absolute atomic E-state index is 12.1. The molecule has 3 aromatic rings. The van der Waals surface area contributed by atoms with Crippen LogP contribution >= 0.6 is 11.3 Å². The second-order valence-corrected chi connectivity index (χ2v) is 5.10. The first kappa shape index (κ1) is 12.6. The standard InChI is InChI=1S/C16H12N2OS/c19-15(16-17-10-11-20-16)18-14-9-5-4-8-13(14)12-6-2-1-3-7-12/h1-11H,(H,18,19). The van der Waals surface area contributed by atoms with Crippen molar-refractivity contribution < 1.29 is 4.79 Å². The number of hydrogen-bond donors (Lipinski definition) is 1. The molecule has 2 aromatic carbocycles. The molecule has 0 aliphatic heterocycles. The average molecular weight is 280 g/mol. The molecule has 1 N–H and O–H groups in total. The first-order valence-corrected chi connectivity index (χ1v) is 7.08. The maximum Gasteiger partial charge on any atom is 0.284 e. The second-order valence-electron chi connectivity index (χ2n) is 4.20. The SMILES string of the molecule is O=C(Nc1ccccc1-c1ccccc1)c1nccs1. The van der Waals surface area contributed by atoms with Gasteiger partial charge in [0.25, 0.3) is 5.91 Å². The summed E-state index contributed by atoms with van der Waals surface area (Å²) in [6.07, 6.45) is 1.63. The molecular formula is C16H12N2OS. The van der Waals surface area contributed by atoms with Crippen molar-refractivity contribution in [2.24, 2.45) is 0 Å². The van der Waals surface area contributed by atoms with Crippen LogP contribution in [0, 0.1) is 0 Å². The van der Waals surface area contributed by atoms with Crippen molar-refractivity contribution in [2.45, 2.75) is 0 Å². The third kappa shape index (κ3) is 2.60. The molecule has 0 saturated carbocycles. The van der Waals surface area contributed by atoms with E-state index < -0.39 is 0 Å². The maximum atomic E-state index is 12.1. The quantitative estimate of drug-likeness (QED) is 0.786. The van der Waals surface area contributed by atoms with Crippen LogP contribution in [0.4, 0.5) is 5.69 Å². The van der Waals surface area contributed by atoms with E-state index >= 15 is 0 Å². The third-order valence-electron chi connectivity index (χ3n) is 2.89. The van der Waals surface area contributed by atoms with Crippen molar-refractivity contribution in [1.82, 2.24) is 4.98 Å². The number of thiazole rings is 1. The summed E-state index contributed by atoms with van der Waals surface area (Å²) < 4.78 is 0. The first-order chi connectivity index (χ1) is 9.84. The number of carbonyl (C=O) groups is 1. The molecule has 1 amide bonds. The number of amides is 1. The second kappa shape index (κ2) is 5.67. The molecule has 0 radical (unpaired) electrons. The number of benzene rings is 2. The van der Waals surface area contributed by atoms with E-state index in [0.29, 0.717) is 5.01 Å². The van der Waals surface area contributed by atoms with E-state index in [1.165, 1.54) is 11.3 Å². The minimum Gasteiger partial charge on any atom is -0.319 e. The van der Waals surface area contributed by atoms with Gasteiger partial charge in [0.1, 0.15) is 0 Å². The Labute approximate surface area is 120 Å². The van der Waals surface area contributed by atoms with Crippen LogP contribution in [-0.2, 0) is 0 Å². The summed E-state index contributed by atoms with van der Waals surface area (Å²) in [5, 5.41) is 5.18. The molecule has 1 heterocycles. The van der Waals surface area contributed by atoms with Crippen LogP contribution in [0.5, 0.6) is 0 Å². The minimum atomic E-state index is -0.177. The Kier molecular flexibility index (Phi) is 3.56. The molecule has 0 spiro atoms. The fraction of sp³-hybridized carbons (Fsp3) is 0. The Morgan fingerprint density at radius 3 is 2.50 bits per heavy atom. The van der Waals surface area contributed by atoms with Crippen LogP contribution in [0.1, 0.15) is 9.80 Å². The van der Waals surface area contributed by atoms with Crippen molar-refractivity contribution >= 4 is 22.9 Å². The van der Waals surface area contributed by atoms with E-state index in [4.69, 9.17) is 0 Å². The lowest BCUT2D eigenvalue weighted by Gasteiger charge is -2.10. The summed E-state index contributed by atoms with van der Waals surface area (Å²) >= 11 is 1.33. The first-order valence-electron chi connectivity index (χ1n) is 6.20. The fourth-order valence-corrected chi connectivity index (χ4v) is 2.50. The number of rotatable bonds is 3. The predicted octanol–water partition coefficient (Wildman–Crippen LogP) is 4.06. The summed E-state index contributed by atoms with van der Waals surface area (Å²) in [6.45, 7) is 0. The van der Waals surface area contributed by atoms with Crippen molar-refractivity contribution in [3.8, 4) is 11.1 Å². The molecule has 20 heavy (non-hydrogen) atoms. The number of aromatic nitrogens is 1. The van der Waals surface area contributed by atoms with Crippen LogP contribution in [0.3, 0.4) is 0 Å². The van der Waals surface area contributed by atoms with Gasteiger partial charge in [-0.3, -0.25) is 4.79 Å².